The van der Waals surface area contributed by atoms with Gasteiger partial charge in [0.25, 0.3) is 0 Å². The summed E-state index contributed by atoms with van der Waals surface area (Å²) in [4.78, 5) is 11.3. The molecule has 4 rings (SSSR count). The van der Waals surface area contributed by atoms with Crippen molar-refractivity contribution in [2.24, 2.45) is 4.99 Å². The third kappa shape index (κ3) is 3.84. The van der Waals surface area contributed by atoms with Gasteiger partial charge < -0.3 is 9.47 Å². The highest BCUT2D eigenvalue weighted by Crippen LogP contribution is 2.34. The van der Waals surface area contributed by atoms with Gasteiger partial charge in [0.05, 0.1) is 0 Å². The molecule has 1 aromatic rings. The van der Waals surface area contributed by atoms with Crippen molar-refractivity contribution in [1.29, 1.82) is 0 Å². The van der Waals surface area contributed by atoms with Gasteiger partial charge in [-0.2, -0.15) is 0 Å². The van der Waals surface area contributed by atoms with Crippen molar-refractivity contribution in [1.82, 2.24) is 9.88 Å². The summed E-state index contributed by atoms with van der Waals surface area (Å²) in [5.74, 6) is 1.35. The first-order chi connectivity index (χ1) is 12.7. The molecule has 0 aromatic carbocycles. The Labute approximate surface area is 156 Å². The van der Waals surface area contributed by atoms with E-state index in [0.29, 0.717) is 5.92 Å². The number of hydrogen-bond acceptors (Lipinski definition) is 5. The number of rotatable bonds is 4. The minimum atomic E-state index is 0.102. The largest absolute Gasteiger partial charge is 0.474 e. The minimum Gasteiger partial charge on any atom is -0.474 e. The van der Waals surface area contributed by atoms with Crippen LogP contribution in [-0.2, 0) is 4.74 Å². The van der Waals surface area contributed by atoms with Crippen LogP contribution in [0.25, 0.3) is 0 Å². The van der Waals surface area contributed by atoms with Crippen molar-refractivity contribution in [3.8, 4) is 5.88 Å². The average molecular weight is 355 g/mol. The minimum absolute atomic E-state index is 0.102. The maximum atomic E-state index is 6.39. The molecule has 0 N–H and O–H groups in total. The number of piperidine rings is 1. The van der Waals surface area contributed by atoms with Gasteiger partial charge in [-0.25, -0.2) is 4.98 Å². The summed E-state index contributed by atoms with van der Waals surface area (Å²) in [5, 5.41) is 0. The molecule has 4 heterocycles. The van der Waals surface area contributed by atoms with Crippen LogP contribution in [-0.4, -0.2) is 54.0 Å². The molecule has 0 saturated carbocycles. The maximum absolute atomic E-state index is 6.39. The Morgan fingerprint density at radius 2 is 2.00 bits per heavy atom. The van der Waals surface area contributed by atoms with Crippen LogP contribution in [0, 0.1) is 0 Å². The molecule has 0 radical (unpaired) electrons. The van der Waals surface area contributed by atoms with E-state index < -0.39 is 0 Å². The third-order valence-electron chi connectivity index (χ3n) is 6.03. The first-order valence-corrected chi connectivity index (χ1v) is 9.88. The van der Waals surface area contributed by atoms with Crippen molar-refractivity contribution in [3.05, 3.63) is 36.2 Å². The summed E-state index contributed by atoms with van der Waals surface area (Å²) in [6.07, 6.45) is 13.5. The number of nitrogens with zero attached hydrogens (tertiary/aromatic N) is 3. The van der Waals surface area contributed by atoms with Gasteiger partial charge >= 0.3 is 0 Å². The fourth-order valence-corrected chi connectivity index (χ4v) is 4.27. The van der Waals surface area contributed by atoms with Crippen molar-refractivity contribution in [2.45, 2.75) is 56.6 Å². The van der Waals surface area contributed by atoms with Crippen LogP contribution in [0.5, 0.6) is 5.88 Å². The van der Waals surface area contributed by atoms with E-state index >= 15 is 0 Å². The lowest BCUT2D eigenvalue weighted by molar-refractivity contribution is 0.0518. The standard InChI is InChI=1S/C21H29N3O2/c1-21(8-11-22-12-9-21)24-13-4-18(5-14-24)26-20-19(3-2-10-23-20)17-6-15-25-16-7-17/h2-3,8,10-12,17-18H,4-7,9,13-16H2,1H3. The predicted octanol–water partition coefficient (Wildman–Crippen LogP) is 3.57. The van der Waals surface area contributed by atoms with Crippen molar-refractivity contribution >= 4 is 6.21 Å². The summed E-state index contributed by atoms with van der Waals surface area (Å²) < 4.78 is 11.9. The summed E-state index contributed by atoms with van der Waals surface area (Å²) >= 11 is 0. The highest BCUT2D eigenvalue weighted by molar-refractivity contribution is 5.62. The number of hydrogen-bond donors (Lipinski definition) is 0. The quantitative estimate of drug-likeness (QED) is 0.828. The molecule has 0 aliphatic carbocycles. The molecule has 3 aliphatic heterocycles. The molecule has 1 aromatic heterocycles. The van der Waals surface area contributed by atoms with Crippen LogP contribution < -0.4 is 4.74 Å². The zero-order valence-corrected chi connectivity index (χ0v) is 15.6. The van der Waals surface area contributed by atoms with Gasteiger partial charge in [-0.15, -0.1) is 0 Å². The highest BCUT2D eigenvalue weighted by Gasteiger charge is 2.33. The molecule has 26 heavy (non-hydrogen) atoms. The van der Waals surface area contributed by atoms with Gasteiger partial charge in [-0.05, 0) is 50.7 Å². The first-order valence-electron chi connectivity index (χ1n) is 9.88. The van der Waals surface area contributed by atoms with Gasteiger partial charge in [-0.1, -0.05) is 6.07 Å². The van der Waals surface area contributed by atoms with Crippen molar-refractivity contribution < 1.29 is 9.47 Å². The lowest BCUT2D eigenvalue weighted by Gasteiger charge is -2.43. The number of aromatic nitrogens is 1. The number of ether oxygens (including phenoxy) is 2. The number of likely N-dealkylation sites (tertiary alicyclic amines) is 1. The molecule has 0 spiro atoms. The Kier molecular flexibility index (Phi) is 5.36. The third-order valence-corrected chi connectivity index (χ3v) is 6.03. The first kappa shape index (κ1) is 17.7. The van der Waals surface area contributed by atoms with E-state index in [2.05, 4.69) is 33.9 Å². The fourth-order valence-electron chi connectivity index (χ4n) is 4.27. The van der Waals surface area contributed by atoms with E-state index in [4.69, 9.17) is 9.47 Å². The SMILES string of the molecule is CC1(N2CCC(Oc3ncccc3C3CCOCC3)CC2)C=CN=CC1. The predicted molar refractivity (Wildman–Crippen MR) is 103 cm³/mol. The number of pyridine rings is 1. The van der Waals surface area contributed by atoms with Gasteiger partial charge in [0.2, 0.25) is 5.88 Å². The Bertz CT molecular complexity index is 661. The molecule has 1 atom stereocenters. The van der Waals surface area contributed by atoms with E-state index in [9.17, 15) is 0 Å². The highest BCUT2D eigenvalue weighted by atomic mass is 16.5. The summed E-state index contributed by atoms with van der Waals surface area (Å²) in [6.45, 7) is 6.09. The van der Waals surface area contributed by atoms with Crippen LogP contribution in [0.4, 0.5) is 0 Å². The van der Waals surface area contributed by atoms with E-state index in [0.717, 1.165) is 64.3 Å². The maximum Gasteiger partial charge on any atom is 0.217 e. The Morgan fingerprint density at radius 3 is 2.73 bits per heavy atom. The van der Waals surface area contributed by atoms with Crippen LogP contribution >= 0.6 is 0 Å². The second-order valence-electron chi connectivity index (χ2n) is 7.80. The van der Waals surface area contributed by atoms with Crippen LogP contribution in [0.3, 0.4) is 0 Å². The topological polar surface area (TPSA) is 47.0 Å². The van der Waals surface area contributed by atoms with E-state index in [1.165, 1.54) is 5.56 Å². The molecular formula is C21H29N3O2. The van der Waals surface area contributed by atoms with Crippen molar-refractivity contribution in [2.75, 3.05) is 26.3 Å². The van der Waals surface area contributed by atoms with E-state index in [1.807, 2.05) is 24.7 Å². The Balaban J connectivity index is 1.37. The molecule has 0 amide bonds. The molecule has 0 bridgehead atoms. The van der Waals surface area contributed by atoms with Crippen LogP contribution in [0.15, 0.2) is 35.6 Å². The summed E-state index contributed by atoms with van der Waals surface area (Å²) in [6, 6.07) is 4.21. The number of aliphatic imine (C=N–C) groups is 1. The average Bonchev–Trinajstić information content (AvgIpc) is 2.70. The summed E-state index contributed by atoms with van der Waals surface area (Å²) in [5.41, 5.74) is 1.36. The fraction of sp³-hybridized carbons (Fsp3) is 0.619. The molecule has 2 fully saturated rings. The van der Waals surface area contributed by atoms with Crippen LogP contribution in [0.1, 0.15) is 50.5 Å². The molecule has 3 aliphatic rings. The summed E-state index contributed by atoms with van der Waals surface area (Å²) in [7, 11) is 0. The van der Waals surface area contributed by atoms with Gasteiger partial charge in [0.1, 0.15) is 6.10 Å². The van der Waals surface area contributed by atoms with Crippen molar-refractivity contribution in [3.63, 3.8) is 0 Å². The molecule has 140 valence electrons. The Morgan fingerprint density at radius 1 is 1.19 bits per heavy atom. The smallest absolute Gasteiger partial charge is 0.217 e. The van der Waals surface area contributed by atoms with Gasteiger partial charge in [0.15, 0.2) is 0 Å². The molecule has 5 nitrogen and oxygen atoms in total. The lowest BCUT2D eigenvalue weighted by Crippen LogP contribution is -2.51. The molecule has 1 unspecified atom stereocenters. The Hall–Kier alpha value is -1.72. The normalized spacial score (nSPS) is 28.3. The second kappa shape index (κ2) is 7.89. The van der Waals surface area contributed by atoms with E-state index in [-0.39, 0.29) is 11.6 Å². The van der Waals surface area contributed by atoms with Gasteiger partial charge in [0, 0.05) is 62.4 Å². The van der Waals surface area contributed by atoms with Gasteiger partial charge in [-0.3, -0.25) is 9.89 Å². The molecule has 2 saturated heterocycles. The zero-order valence-electron chi connectivity index (χ0n) is 15.6. The van der Waals surface area contributed by atoms with Crippen LogP contribution in [0.2, 0.25) is 0 Å². The molecule has 5 heteroatoms. The molecular weight excluding hydrogens is 326 g/mol. The lowest BCUT2D eigenvalue weighted by atomic mass is 9.91. The monoisotopic (exact) mass is 355 g/mol. The van der Waals surface area contributed by atoms with E-state index in [1.54, 1.807) is 0 Å². The second-order valence-corrected chi connectivity index (χ2v) is 7.80. The zero-order chi connectivity index (χ0) is 17.8.